The van der Waals surface area contributed by atoms with Crippen LogP contribution < -0.4 is 4.90 Å². The molecule has 0 bridgehead atoms. The van der Waals surface area contributed by atoms with Crippen molar-refractivity contribution in [3.63, 3.8) is 0 Å². The molecule has 1 aliphatic heterocycles. The maximum absolute atomic E-state index is 13.7. The van der Waals surface area contributed by atoms with E-state index in [1.807, 2.05) is 49.1 Å². The molecular weight excluding hydrogens is 446 g/mol. The van der Waals surface area contributed by atoms with Crippen LogP contribution in [0.15, 0.2) is 48.5 Å². The minimum Gasteiger partial charge on any atom is -0.368 e. The molecule has 1 fully saturated rings. The van der Waals surface area contributed by atoms with Crippen LogP contribution in [-0.2, 0) is 0 Å². The summed E-state index contributed by atoms with van der Waals surface area (Å²) in [5, 5.41) is 6.08. The lowest BCUT2D eigenvalue weighted by Crippen LogP contribution is -2.49. The smallest absolute Gasteiger partial charge is 0.254 e. The summed E-state index contributed by atoms with van der Waals surface area (Å²) < 4.78 is 1.75. The molecule has 0 aliphatic carbocycles. The average molecular weight is 474 g/mol. The maximum Gasteiger partial charge on any atom is 0.254 e. The Morgan fingerprint density at radius 2 is 1.65 bits per heavy atom. The molecular formula is C27H28ClN5O. The van der Waals surface area contributed by atoms with E-state index in [9.17, 15) is 4.79 Å². The lowest BCUT2D eigenvalue weighted by atomic mass is 10.1. The van der Waals surface area contributed by atoms with Gasteiger partial charge in [-0.2, -0.15) is 5.10 Å². The number of aryl methyl sites for hydroxylation is 4. The Morgan fingerprint density at radius 3 is 2.38 bits per heavy atom. The largest absolute Gasteiger partial charge is 0.368 e. The number of carbonyl (C=O) groups excluding carboxylic acids is 1. The third-order valence-corrected chi connectivity index (χ3v) is 6.84. The van der Waals surface area contributed by atoms with Crippen LogP contribution in [0.3, 0.4) is 0 Å². The van der Waals surface area contributed by atoms with Crippen molar-refractivity contribution < 1.29 is 4.79 Å². The number of pyridine rings is 1. The molecule has 3 heterocycles. The number of hydrogen-bond acceptors (Lipinski definition) is 4. The molecule has 34 heavy (non-hydrogen) atoms. The van der Waals surface area contributed by atoms with Crippen LogP contribution in [0, 0.1) is 27.7 Å². The van der Waals surface area contributed by atoms with Gasteiger partial charge in [0.05, 0.1) is 27.4 Å². The summed E-state index contributed by atoms with van der Waals surface area (Å²) >= 11 is 6.45. The topological polar surface area (TPSA) is 54.3 Å². The number of amides is 1. The number of carbonyl (C=O) groups is 1. The van der Waals surface area contributed by atoms with Gasteiger partial charge in [0, 0.05) is 37.6 Å². The second-order valence-electron chi connectivity index (χ2n) is 9.03. The molecule has 0 N–H and O–H groups in total. The van der Waals surface area contributed by atoms with E-state index < -0.39 is 0 Å². The van der Waals surface area contributed by atoms with Crippen LogP contribution in [0.2, 0.25) is 5.02 Å². The fourth-order valence-corrected chi connectivity index (χ4v) is 4.97. The van der Waals surface area contributed by atoms with Crippen molar-refractivity contribution >= 4 is 34.2 Å². The highest BCUT2D eigenvalue weighted by Crippen LogP contribution is 2.29. The number of aromatic nitrogens is 3. The Hall–Kier alpha value is -3.38. The number of rotatable bonds is 3. The van der Waals surface area contributed by atoms with Gasteiger partial charge in [-0.05, 0) is 63.1 Å². The quantitative estimate of drug-likeness (QED) is 0.406. The molecule has 5 rings (SSSR count). The molecule has 6 nitrogen and oxygen atoms in total. The molecule has 0 unspecified atom stereocenters. The highest BCUT2D eigenvalue weighted by atomic mass is 35.5. The summed E-state index contributed by atoms with van der Waals surface area (Å²) in [7, 11) is 0. The van der Waals surface area contributed by atoms with Gasteiger partial charge in [-0.25, -0.2) is 9.67 Å². The summed E-state index contributed by atoms with van der Waals surface area (Å²) in [5.74, 6) is 0.0259. The van der Waals surface area contributed by atoms with E-state index in [0.717, 1.165) is 35.6 Å². The van der Waals surface area contributed by atoms with Crippen molar-refractivity contribution in [2.75, 3.05) is 31.1 Å². The highest BCUT2D eigenvalue weighted by Gasteiger charge is 2.27. The number of benzene rings is 2. The van der Waals surface area contributed by atoms with Gasteiger partial charge in [0.2, 0.25) is 0 Å². The molecule has 2 aromatic heterocycles. The predicted molar refractivity (Wildman–Crippen MR) is 137 cm³/mol. The molecule has 174 valence electrons. The third-order valence-electron chi connectivity index (χ3n) is 6.52. The van der Waals surface area contributed by atoms with Gasteiger partial charge in [-0.3, -0.25) is 4.79 Å². The van der Waals surface area contributed by atoms with Gasteiger partial charge in [-0.15, -0.1) is 0 Å². The zero-order valence-corrected chi connectivity index (χ0v) is 20.7. The third kappa shape index (κ3) is 3.92. The van der Waals surface area contributed by atoms with Crippen molar-refractivity contribution in [3.8, 4) is 5.69 Å². The molecule has 1 aliphatic rings. The molecule has 1 saturated heterocycles. The van der Waals surface area contributed by atoms with Gasteiger partial charge in [0.15, 0.2) is 5.65 Å². The second-order valence-corrected chi connectivity index (χ2v) is 9.43. The molecule has 7 heteroatoms. The number of piperazine rings is 1. The SMILES string of the molecule is Cc1ccc(C)c(N2CCN(C(=O)c3cc(C)nc4c3c(C)nn4-c3ccccc3Cl)CC2)c1. The summed E-state index contributed by atoms with van der Waals surface area (Å²) in [6, 6.07) is 16.0. The zero-order valence-electron chi connectivity index (χ0n) is 20.0. The van der Waals surface area contributed by atoms with Crippen LogP contribution in [0.1, 0.15) is 32.9 Å². The first-order chi connectivity index (χ1) is 16.3. The number of hydrogen-bond donors (Lipinski definition) is 0. The van der Waals surface area contributed by atoms with Crippen molar-refractivity contribution in [1.29, 1.82) is 0 Å². The molecule has 0 atom stereocenters. The first-order valence-corrected chi connectivity index (χ1v) is 11.9. The van der Waals surface area contributed by atoms with Crippen LogP contribution in [0.25, 0.3) is 16.7 Å². The summed E-state index contributed by atoms with van der Waals surface area (Å²) in [4.78, 5) is 22.8. The van der Waals surface area contributed by atoms with E-state index in [1.165, 1.54) is 16.8 Å². The Labute approximate surface area is 204 Å². The predicted octanol–water partition coefficient (Wildman–Crippen LogP) is 5.27. The standard InChI is InChI=1S/C27H28ClN5O/c1-17-9-10-18(2)24(15-17)31-11-13-32(14-12-31)27(34)21-16-19(3)29-26-25(21)20(4)30-33(26)23-8-6-5-7-22(23)28/h5-10,15-16H,11-14H2,1-4H3. The first-order valence-electron chi connectivity index (χ1n) is 11.6. The van der Waals surface area contributed by atoms with Crippen LogP contribution >= 0.6 is 11.6 Å². The van der Waals surface area contributed by atoms with E-state index in [1.54, 1.807) is 4.68 Å². The number of fused-ring (bicyclic) bond motifs is 1. The molecule has 1 amide bonds. The van der Waals surface area contributed by atoms with Gasteiger partial charge in [0.1, 0.15) is 0 Å². The van der Waals surface area contributed by atoms with Gasteiger partial charge in [-0.1, -0.05) is 35.9 Å². The lowest BCUT2D eigenvalue weighted by molar-refractivity contribution is 0.0748. The van der Waals surface area contributed by atoms with E-state index in [4.69, 9.17) is 21.7 Å². The van der Waals surface area contributed by atoms with Crippen molar-refractivity contribution in [3.05, 3.63) is 81.6 Å². The monoisotopic (exact) mass is 473 g/mol. The van der Waals surface area contributed by atoms with Crippen LogP contribution in [0.5, 0.6) is 0 Å². The van der Waals surface area contributed by atoms with Gasteiger partial charge in [0.25, 0.3) is 5.91 Å². The fourth-order valence-electron chi connectivity index (χ4n) is 4.76. The van der Waals surface area contributed by atoms with E-state index >= 15 is 0 Å². The Bertz CT molecular complexity index is 1400. The van der Waals surface area contributed by atoms with E-state index in [-0.39, 0.29) is 5.91 Å². The zero-order chi connectivity index (χ0) is 24.0. The van der Waals surface area contributed by atoms with Crippen LogP contribution in [0.4, 0.5) is 5.69 Å². The first kappa shape index (κ1) is 22.4. The molecule has 4 aromatic rings. The lowest BCUT2D eigenvalue weighted by Gasteiger charge is -2.37. The van der Waals surface area contributed by atoms with E-state index in [0.29, 0.717) is 29.3 Å². The highest BCUT2D eigenvalue weighted by molar-refractivity contribution is 6.32. The Morgan fingerprint density at radius 1 is 0.912 bits per heavy atom. The molecule has 0 radical (unpaired) electrons. The number of para-hydroxylation sites is 1. The average Bonchev–Trinajstić information content (AvgIpc) is 3.16. The van der Waals surface area contributed by atoms with Crippen LogP contribution in [-0.4, -0.2) is 51.8 Å². The minimum atomic E-state index is 0.0259. The second kappa shape index (κ2) is 8.76. The van der Waals surface area contributed by atoms with Crippen molar-refractivity contribution in [1.82, 2.24) is 19.7 Å². The summed E-state index contributed by atoms with van der Waals surface area (Å²) in [6.45, 7) is 11.0. The van der Waals surface area contributed by atoms with E-state index in [2.05, 4.69) is 36.9 Å². The molecule has 0 saturated carbocycles. The van der Waals surface area contributed by atoms with Crippen molar-refractivity contribution in [2.24, 2.45) is 0 Å². The number of halogens is 1. The summed E-state index contributed by atoms with van der Waals surface area (Å²) in [6.07, 6.45) is 0. The van der Waals surface area contributed by atoms with Gasteiger partial charge < -0.3 is 9.80 Å². The normalized spacial score (nSPS) is 14.1. The Kier molecular flexibility index (Phi) is 5.78. The molecule has 2 aromatic carbocycles. The van der Waals surface area contributed by atoms with Crippen molar-refractivity contribution in [2.45, 2.75) is 27.7 Å². The number of nitrogens with zero attached hydrogens (tertiary/aromatic N) is 5. The number of anilines is 1. The summed E-state index contributed by atoms with van der Waals surface area (Å²) in [5.41, 5.74) is 7.37. The maximum atomic E-state index is 13.7. The Balaban J connectivity index is 1.46. The minimum absolute atomic E-state index is 0.0259. The fraction of sp³-hybridized carbons (Fsp3) is 0.296. The van der Waals surface area contributed by atoms with Gasteiger partial charge >= 0.3 is 0 Å². The molecule has 0 spiro atoms.